The number of aryl methyl sites for hydroxylation is 2. The molecule has 1 aliphatic heterocycles. The van der Waals surface area contributed by atoms with Crippen LogP contribution in [0.2, 0.25) is 0 Å². The van der Waals surface area contributed by atoms with Crippen molar-refractivity contribution >= 4 is 5.91 Å². The summed E-state index contributed by atoms with van der Waals surface area (Å²) in [5.74, 6) is 0.200. The Hall–Kier alpha value is -1.40. The molecule has 1 aromatic rings. The third-order valence-electron chi connectivity index (χ3n) is 5.54. The zero-order chi connectivity index (χ0) is 16.4. The zero-order valence-corrected chi connectivity index (χ0v) is 14.1. The van der Waals surface area contributed by atoms with Gasteiger partial charge in [-0.25, -0.2) is 0 Å². The SMILES string of the molecule is CCOC1CC(O)C12CCN(C(=O)CCc1cnn(C)c1)CC2. The van der Waals surface area contributed by atoms with E-state index in [-0.39, 0.29) is 23.5 Å². The van der Waals surface area contributed by atoms with Gasteiger partial charge in [0.15, 0.2) is 0 Å². The molecule has 23 heavy (non-hydrogen) atoms. The summed E-state index contributed by atoms with van der Waals surface area (Å²) in [6.45, 7) is 4.14. The van der Waals surface area contributed by atoms with Crippen molar-refractivity contribution in [2.24, 2.45) is 12.5 Å². The van der Waals surface area contributed by atoms with Crippen LogP contribution in [-0.4, -0.2) is 57.6 Å². The van der Waals surface area contributed by atoms with Crippen molar-refractivity contribution in [1.82, 2.24) is 14.7 Å². The zero-order valence-electron chi connectivity index (χ0n) is 14.1. The summed E-state index contributed by atoms with van der Waals surface area (Å²) in [4.78, 5) is 14.3. The fourth-order valence-corrected chi connectivity index (χ4v) is 4.00. The highest BCUT2D eigenvalue weighted by molar-refractivity contribution is 5.76. The molecule has 6 nitrogen and oxygen atoms in total. The maximum absolute atomic E-state index is 12.4. The summed E-state index contributed by atoms with van der Waals surface area (Å²) in [6, 6.07) is 0. The minimum atomic E-state index is -0.272. The number of amides is 1. The van der Waals surface area contributed by atoms with E-state index in [2.05, 4.69) is 5.10 Å². The molecule has 3 rings (SSSR count). The number of nitrogens with zero attached hydrogens (tertiary/aromatic N) is 3. The average Bonchev–Trinajstić information content (AvgIpc) is 2.98. The van der Waals surface area contributed by atoms with Gasteiger partial charge in [-0.3, -0.25) is 9.48 Å². The number of aliphatic hydroxyl groups excluding tert-OH is 1. The number of ether oxygens (including phenoxy) is 1. The first-order chi connectivity index (χ1) is 11.0. The van der Waals surface area contributed by atoms with E-state index >= 15 is 0 Å². The summed E-state index contributed by atoms with van der Waals surface area (Å²) in [5.41, 5.74) is 0.982. The molecule has 1 saturated heterocycles. The molecule has 1 aromatic heterocycles. The van der Waals surface area contributed by atoms with Gasteiger partial charge in [-0.1, -0.05) is 0 Å². The third-order valence-corrected chi connectivity index (χ3v) is 5.54. The van der Waals surface area contributed by atoms with Crippen LogP contribution in [0.1, 0.15) is 38.2 Å². The van der Waals surface area contributed by atoms with Crippen LogP contribution >= 0.6 is 0 Å². The highest BCUT2D eigenvalue weighted by atomic mass is 16.5. The second-order valence-corrected chi connectivity index (χ2v) is 6.83. The van der Waals surface area contributed by atoms with Crippen LogP contribution < -0.4 is 0 Å². The molecule has 1 saturated carbocycles. The fraction of sp³-hybridized carbons (Fsp3) is 0.765. The molecule has 2 fully saturated rings. The van der Waals surface area contributed by atoms with Crippen LogP contribution in [0.5, 0.6) is 0 Å². The monoisotopic (exact) mass is 321 g/mol. The van der Waals surface area contributed by atoms with Crippen molar-refractivity contribution in [3.8, 4) is 0 Å². The van der Waals surface area contributed by atoms with Gasteiger partial charge in [0.05, 0.1) is 18.4 Å². The molecule has 2 aliphatic rings. The molecule has 1 amide bonds. The van der Waals surface area contributed by atoms with Gasteiger partial charge in [0.2, 0.25) is 5.91 Å². The lowest BCUT2D eigenvalue weighted by Gasteiger charge is -2.56. The van der Waals surface area contributed by atoms with Crippen molar-refractivity contribution in [1.29, 1.82) is 0 Å². The van der Waals surface area contributed by atoms with E-state index in [1.165, 1.54) is 0 Å². The quantitative estimate of drug-likeness (QED) is 0.883. The summed E-state index contributed by atoms with van der Waals surface area (Å²) >= 11 is 0. The molecule has 0 radical (unpaired) electrons. The molecule has 1 aliphatic carbocycles. The highest BCUT2D eigenvalue weighted by Crippen LogP contribution is 2.50. The van der Waals surface area contributed by atoms with Crippen LogP contribution in [0.25, 0.3) is 0 Å². The second-order valence-electron chi connectivity index (χ2n) is 6.83. The Bertz CT molecular complexity index is 547. The number of aromatic nitrogens is 2. The van der Waals surface area contributed by atoms with Crippen molar-refractivity contribution in [3.63, 3.8) is 0 Å². The molecule has 1 spiro atoms. The Balaban J connectivity index is 1.49. The largest absolute Gasteiger partial charge is 0.392 e. The van der Waals surface area contributed by atoms with Gasteiger partial charge in [-0.2, -0.15) is 5.10 Å². The predicted molar refractivity (Wildman–Crippen MR) is 85.8 cm³/mol. The van der Waals surface area contributed by atoms with E-state index in [9.17, 15) is 9.90 Å². The minimum absolute atomic E-state index is 0.115. The van der Waals surface area contributed by atoms with Crippen molar-refractivity contribution in [2.75, 3.05) is 19.7 Å². The molecule has 2 unspecified atom stereocenters. The van der Waals surface area contributed by atoms with Gasteiger partial charge < -0.3 is 14.7 Å². The molecule has 0 aromatic carbocycles. The van der Waals surface area contributed by atoms with E-state index in [0.717, 1.165) is 44.3 Å². The van der Waals surface area contributed by atoms with Crippen LogP contribution in [0.4, 0.5) is 0 Å². The molecule has 6 heteroatoms. The van der Waals surface area contributed by atoms with E-state index in [1.807, 2.05) is 31.3 Å². The lowest BCUT2D eigenvalue weighted by atomic mass is 9.58. The van der Waals surface area contributed by atoms with Crippen molar-refractivity contribution in [3.05, 3.63) is 18.0 Å². The van der Waals surface area contributed by atoms with E-state index < -0.39 is 0 Å². The highest BCUT2D eigenvalue weighted by Gasteiger charge is 2.56. The van der Waals surface area contributed by atoms with Gasteiger partial charge >= 0.3 is 0 Å². The number of piperidine rings is 1. The summed E-state index contributed by atoms with van der Waals surface area (Å²) in [6.07, 6.45) is 7.35. The Labute approximate surface area is 137 Å². The summed E-state index contributed by atoms with van der Waals surface area (Å²) in [5, 5.41) is 14.3. The topological polar surface area (TPSA) is 67.6 Å². The Morgan fingerprint density at radius 3 is 2.78 bits per heavy atom. The Morgan fingerprint density at radius 1 is 1.48 bits per heavy atom. The molecular weight excluding hydrogens is 294 g/mol. The van der Waals surface area contributed by atoms with Crippen molar-refractivity contribution in [2.45, 2.75) is 51.2 Å². The maximum atomic E-state index is 12.4. The Kier molecular flexibility index (Phi) is 4.73. The normalized spacial score (nSPS) is 26.3. The number of aliphatic hydroxyl groups is 1. The number of carbonyl (C=O) groups excluding carboxylic acids is 1. The predicted octanol–water partition coefficient (Wildman–Crippen LogP) is 1.13. The summed E-state index contributed by atoms with van der Waals surface area (Å²) < 4.78 is 7.53. The first-order valence-corrected chi connectivity index (χ1v) is 8.60. The van der Waals surface area contributed by atoms with Gasteiger partial charge in [-0.05, 0) is 31.7 Å². The number of hydrogen-bond acceptors (Lipinski definition) is 4. The average molecular weight is 321 g/mol. The molecular formula is C17H27N3O3. The molecule has 0 bridgehead atoms. The molecule has 2 heterocycles. The lowest BCUT2D eigenvalue weighted by Crippen LogP contribution is -2.62. The van der Waals surface area contributed by atoms with E-state index in [4.69, 9.17) is 4.74 Å². The van der Waals surface area contributed by atoms with Crippen LogP contribution in [0.15, 0.2) is 12.4 Å². The van der Waals surface area contributed by atoms with Crippen LogP contribution in [0.3, 0.4) is 0 Å². The standard InChI is InChI=1S/C17H27N3O3/c1-3-23-15-10-14(21)17(15)6-8-20(9-7-17)16(22)5-4-13-11-18-19(2)12-13/h11-12,14-15,21H,3-10H2,1-2H3. The Morgan fingerprint density at radius 2 is 2.22 bits per heavy atom. The first-order valence-electron chi connectivity index (χ1n) is 8.60. The second kappa shape index (κ2) is 6.61. The molecule has 128 valence electrons. The summed E-state index contributed by atoms with van der Waals surface area (Å²) in [7, 11) is 1.88. The number of likely N-dealkylation sites (tertiary alicyclic amines) is 1. The van der Waals surface area contributed by atoms with E-state index in [0.29, 0.717) is 13.0 Å². The number of rotatable bonds is 5. The molecule has 1 N–H and O–H groups in total. The smallest absolute Gasteiger partial charge is 0.222 e. The van der Waals surface area contributed by atoms with Gasteiger partial charge in [0, 0.05) is 51.2 Å². The van der Waals surface area contributed by atoms with Gasteiger partial charge in [0.1, 0.15) is 0 Å². The number of carbonyl (C=O) groups is 1. The van der Waals surface area contributed by atoms with E-state index in [1.54, 1.807) is 4.68 Å². The fourth-order valence-electron chi connectivity index (χ4n) is 4.00. The van der Waals surface area contributed by atoms with Gasteiger partial charge in [0.25, 0.3) is 0 Å². The van der Waals surface area contributed by atoms with Crippen LogP contribution in [0, 0.1) is 5.41 Å². The minimum Gasteiger partial charge on any atom is -0.392 e. The first kappa shape index (κ1) is 16.5. The maximum Gasteiger partial charge on any atom is 0.222 e. The molecule has 2 atom stereocenters. The van der Waals surface area contributed by atoms with Crippen LogP contribution in [-0.2, 0) is 23.0 Å². The third kappa shape index (κ3) is 3.15. The van der Waals surface area contributed by atoms with Crippen molar-refractivity contribution < 1.29 is 14.6 Å². The lowest BCUT2D eigenvalue weighted by molar-refractivity contribution is -0.210. The van der Waals surface area contributed by atoms with Gasteiger partial charge in [-0.15, -0.1) is 0 Å². The number of hydrogen-bond donors (Lipinski definition) is 1.